The number of rotatable bonds is 4. The van der Waals surface area contributed by atoms with Crippen LogP contribution in [0.25, 0.3) is 0 Å². The molecule has 0 aliphatic heterocycles. The van der Waals surface area contributed by atoms with E-state index < -0.39 is 0 Å². The molecule has 0 bridgehead atoms. The van der Waals surface area contributed by atoms with Gasteiger partial charge in [0.2, 0.25) is 0 Å². The predicted octanol–water partition coefficient (Wildman–Crippen LogP) is 4.70. The number of nitrogens with two attached hydrogens (primary N) is 1. The van der Waals surface area contributed by atoms with Gasteiger partial charge in [0, 0.05) is 15.1 Å². The number of hydrogen-bond donors (Lipinski definition) is 2. The summed E-state index contributed by atoms with van der Waals surface area (Å²) in [5.74, 6) is 5.69. The minimum atomic E-state index is -0.0362. The van der Waals surface area contributed by atoms with Gasteiger partial charge in [0.1, 0.15) is 0 Å². The Labute approximate surface area is 133 Å². The monoisotopic (exact) mass is 328 g/mol. The van der Waals surface area contributed by atoms with Crippen LogP contribution in [0.2, 0.25) is 15.1 Å². The molecule has 0 saturated heterocycles. The standard InChI is InChI=1S/C15H15Cl3N2/c1-9-6-11(16)4-5-13(9)15(20-19)7-10-2-3-12(17)8-14(10)18/h2-6,8,15,20H,7,19H2,1H3. The maximum Gasteiger partial charge on any atom is 0.0503 e. The van der Waals surface area contributed by atoms with Crippen LogP contribution in [-0.2, 0) is 6.42 Å². The van der Waals surface area contributed by atoms with E-state index in [0.29, 0.717) is 21.5 Å². The second-order valence-electron chi connectivity index (χ2n) is 4.66. The molecule has 3 N–H and O–H groups in total. The fourth-order valence-corrected chi connectivity index (χ4v) is 2.91. The fraction of sp³-hybridized carbons (Fsp3) is 0.200. The van der Waals surface area contributed by atoms with E-state index in [1.807, 2.05) is 37.3 Å². The van der Waals surface area contributed by atoms with Gasteiger partial charge in [-0.15, -0.1) is 0 Å². The van der Waals surface area contributed by atoms with Gasteiger partial charge >= 0.3 is 0 Å². The second-order valence-corrected chi connectivity index (χ2v) is 5.94. The zero-order valence-corrected chi connectivity index (χ0v) is 13.2. The lowest BCUT2D eigenvalue weighted by Crippen LogP contribution is -2.30. The van der Waals surface area contributed by atoms with Crippen LogP contribution in [0.1, 0.15) is 22.7 Å². The summed E-state index contributed by atoms with van der Waals surface area (Å²) in [5.41, 5.74) is 6.02. The molecule has 5 heteroatoms. The molecule has 2 aromatic rings. The molecule has 2 rings (SSSR count). The van der Waals surface area contributed by atoms with Gasteiger partial charge in [0.15, 0.2) is 0 Å². The van der Waals surface area contributed by atoms with Gasteiger partial charge < -0.3 is 0 Å². The van der Waals surface area contributed by atoms with E-state index in [9.17, 15) is 0 Å². The van der Waals surface area contributed by atoms with Crippen LogP contribution in [0.15, 0.2) is 36.4 Å². The van der Waals surface area contributed by atoms with Crippen molar-refractivity contribution in [2.45, 2.75) is 19.4 Å². The molecule has 0 heterocycles. The minimum absolute atomic E-state index is 0.0362. The minimum Gasteiger partial charge on any atom is -0.271 e. The Balaban J connectivity index is 2.28. The molecule has 0 fully saturated rings. The number of hydrogen-bond acceptors (Lipinski definition) is 2. The lowest BCUT2D eigenvalue weighted by atomic mass is 9.96. The van der Waals surface area contributed by atoms with Crippen molar-refractivity contribution < 1.29 is 0 Å². The Hall–Kier alpha value is -0.770. The van der Waals surface area contributed by atoms with E-state index in [1.165, 1.54) is 0 Å². The SMILES string of the molecule is Cc1cc(Cl)ccc1C(Cc1ccc(Cl)cc1Cl)NN. The molecule has 1 atom stereocenters. The lowest BCUT2D eigenvalue weighted by Gasteiger charge is -2.19. The highest BCUT2D eigenvalue weighted by molar-refractivity contribution is 6.35. The Morgan fingerprint density at radius 1 is 1.05 bits per heavy atom. The van der Waals surface area contributed by atoms with Gasteiger partial charge in [-0.2, -0.15) is 0 Å². The Morgan fingerprint density at radius 3 is 2.30 bits per heavy atom. The summed E-state index contributed by atoms with van der Waals surface area (Å²) in [7, 11) is 0. The summed E-state index contributed by atoms with van der Waals surface area (Å²) in [6, 6.07) is 11.2. The van der Waals surface area contributed by atoms with Crippen LogP contribution in [0.3, 0.4) is 0 Å². The topological polar surface area (TPSA) is 38.0 Å². The molecular formula is C15H15Cl3N2. The molecule has 20 heavy (non-hydrogen) atoms. The van der Waals surface area contributed by atoms with Crippen molar-refractivity contribution in [3.63, 3.8) is 0 Å². The highest BCUT2D eigenvalue weighted by Gasteiger charge is 2.15. The fourth-order valence-electron chi connectivity index (χ4n) is 2.20. The first kappa shape index (κ1) is 15.6. The second kappa shape index (κ2) is 6.79. The van der Waals surface area contributed by atoms with Crippen molar-refractivity contribution in [1.82, 2.24) is 5.43 Å². The summed E-state index contributed by atoms with van der Waals surface area (Å²) in [6.45, 7) is 2.01. The van der Waals surface area contributed by atoms with Crippen molar-refractivity contribution in [3.05, 3.63) is 68.2 Å². The third kappa shape index (κ3) is 3.66. The van der Waals surface area contributed by atoms with Gasteiger partial charge in [-0.05, 0) is 54.3 Å². The zero-order chi connectivity index (χ0) is 14.7. The summed E-state index contributed by atoms with van der Waals surface area (Å²) < 4.78 is 0. The average molecular weight is 330 g/mol. The third-order valence-corrected chi connectivity index (χ3v) is 4.07. The Kier molecular flexibility index (Phi) is 5.30. The highest BCUT2D eigenvalue weighted by Crippen LogP contribution is 2.28. The van der Waals surface area contributed by atoms with Crippen LogP contribution in [-0.4, -0.2) is 0 Å². The largest absolute Gasteiger partial charge is 0.271 e. The highest BCUT2D eigenvalue weighted by atomic mass is 35.5. The van der Waals surface area contributed by atoms with Crippen LogP contribution < -0.4 is 11.3 Å². The number of hydrazine groups is 1. The van der Waals surface area contributed by atoms with Crippen LogP contribution >= 0.6 is 34.8 Å². The van der Waals surface area contributed by atoms with Crippen molar-refractivity contribution in [2.75, 3.05) is 0 Å². The first-order valence-corrected chi connectivity index (χ1v) is 7.30. The third-order valence-electron chi connectivity index (χ3n) is 3.25. The molecule has 0 aromatic heterocycles. The number of halogens is 3. The maximum atomic E-state index is 6.21. The van der Waals surface area contributed by atoms with Gasteiger partial charge in [0.25, 0.3) is 0 Å². The molecule has 2 nitrogen and oxygen atoms in total. The molecule has 0 aliphatic carbocycles. The van der Waals surface area contributed by atoms with Crippen LogP contribution in [0.4, 0.5) is 0 Å². The van der Waals surface area contributed by atoms with Crippen LogP contribution in [0.5, 0.6) is 0 Å². The van der Waals surface area contributed by atoms with Crippen molar-refractivity contribution >= 4 is 34.8 Å². The molecule has 0 spiro atoms. The van der Waals surface area contributed by atoms with E-state index in [4.69, 9.17) is 40.6 Å². The maximum absolute atomic E-state index is 6.21. The van der Waals surface area contributed by atoms with Crippen molar-refractivity contribution in [2.24, 2.45) is 5.84 Å². The van der Waals surface area contributed by atoms with Gasteiger partial charge in [-0.25, -0.2) is 0 Å². The number of aryl methyl sites for hydroxylation is 1. The molecule has 2 aromatic carbocycles. The van der Waals surface area contributed by atoms with E-state index in [1.54, 1.807) is 6.07 Å². The molecule has 106 valence electrons. The first-order valence-electron chi connectivity index (χ1n) is 6.17. The van der Waals surface area contributed by atoms with Crippen LogP contribution in [0, 0.1) is 6.92 Å². The number of nitrogens with one attached hydrogen (secondary N) is 1. The number of benzene rings is 2. The van der Waals surface area contributed by atoms with Gasteiger partial charge in [-0.1, -0.05) is 46.9 Å². The van der Waals surface area contributed by atoms with Gasteiger partial charge in [0.05, 0.1) is 6.04 Å². The molecule has 0 radical (unpaired) electrons. The zero-order valence-electron chi connectivity index (χ0n) is 11.0. The average Bonchev–Trinajstić information content (AvgIpc) is 2.39. The van der Waals surface area contributed by atoms with E-state index >= 15 is 0 Å². The normalized spacial score (nSPS) is 12.4. The molecule has 0 aliphatic rings. The van der Waals surface area contributed by atoms with E-state index in [-0.39, 0.29) is 6.04 Å². The lowest BCUT2D eigenvalue weighted by molar-refractivity contribution is 0.549. The summed E-state index contributed by atoms with van der Waals surface area (Å²) in [4.78, 5) is 0. The molecule has 1 unspecified atom stereocenters. The summed E-state index contributed by atoms with van der Waals surface area (Å²) >= 11 is 18.1. The summed E-state index contributed by atoms with van der Waals surface area (Å²) in [6.07, 6.45) is 0.676. The van der Waals surface area contributed by atoms with Crippen molar-refractivity contribution in [1.29, 1.82) is 0 Å². The molecular weight excluding hydrogens is 315 g/mol. The van der Waals surface area contributed by atoms with Crippen molar-refractivity contribution in [3.8, 4) is 0 Å². The Bertz CT molecular complexity index is 614. The summed E-state index contributed by atoms with van der Waals surface area (Å²) in [5, 5.41) is 1.98. The molecule has 0 amide bonds. The van der Waals surface area contributed by atoms with E-state index in [2.05, 4.69) is 5.43 Å². The van der Waals surface area contributed by atoms with E-state index in [0.717, 1.165) is 16.7 Å². The predicted molar refractivity (Wildman–Crippen MR) is 86.4 cm³/mol. The smallest absolute Gasteiger partial charge is 0.0503 e. The quantitative estimate of drug-likeness (QED) is 0.630. The Morgan fingerprint density at radius 2 is 1.70 bits per heavy atom. The molecule has 0 saturated carbocycles. The van der Waals surface area contributed by atoms with Gasteiger partial charge in [-0.3, -0.25) is 11.3 Å². The first-order chi connectivity index (χ1) is 9.51.